The van der Waals surface area contributed by atoms with Crippen molar-refractivity contribution in [1.29, 1.82) is 0 Å². The zero-order valence-corrected chi connectivity index (χ0v) is 22.9. The molecule has 1 aliphatic carbocycles. The minimum atomic E-state index is -2.61. The molecule has 2 heteroatoms. The van der Waals surface area contributed by atoms with Crippen molar-refractivity contribution in [3.05, 3.63) is 136 Å². The number of phenolic OH excluding ortho intramolecular Hbond substituents is 1. The maximum absolute atomic E-state index is 8.63. The molecule has 0 saturated heterocycles. The van der Waals surface area contributed by atoms with Crippen LogP contribution in [0.3, 0.4) is 0 Å². The molecule has 0 radical (unpaired) electrons. The van der Waals surface area contributed by atoms with Gasteiger partial charge in [-0.05, 0) is 23.3 Å². The molecule has 0 heterocycles. The Morgan fingerprint density at radius 2 is 1.03 bits per heavy atom. The first-order chi connectivity index (χ1) is 15.9. The van der Waals surface area contributed by atoms with E-state index in [1.54, 1.807) is 28.1 Å². The van der Waals surface area contributed by atoms with E-state index in [0.29, 0.717) is 5.75 Å². The second-order valence-corrected chi connectivity index (χ2v) is 33.0. The molecule has 0 atom stereocenters. The molecule has 1 nitrogen and oxygen atoms in total. The van der Waals surface area contributed by atoms with Gasteiger partial charge in [0.25, 0.3) is 0 Å². The standard InChI is InChI=1S/C16H14.C6H6O.C5H5.5CH3.Ti/c1-3-9-15(10-4-1)13-7-8-14-16-11-5-2-6-12-16;7-6-4-2-1-3-5-6;1-2-4-5-3-1;;;;;;/h1-14H;1-5,7H;1-3H,4H2;5*1H3;. The molecule has 1 aliphatic rings. The van der Waals surface area contributed by atoms with Crippen molar-refractivity contribution < 1.29 is 19.1 Å². The molecule has 3 aromatic rings. The van der Waals surface area contributed by atoms with Crippen molar-refractivity contribution >= 4 is 12.2 Å². The molecule has 3 aromatic carbocycles. The van der Waals surface area contributed by atoms with Gasteiger partial charge in [-0.3, -0.25) is 0 Å². The van der Waals surface area contributed by atoms with Gasteiger partial charge < -0.3 is 5.11 Å². The van der Waals surface area contributed by atoms with Gasteiger partial charge in [-0.2, -0.15) is 0 Å². The Hall–Kier alpha value is -2.87. The van der Waals surface area contributed by atoms with Gasteiger partial charge in [0.2, 0.25) is 0 Å². The van der Waals surface area contributed by atoms with Crippen LogP contribution in [0.5, 0.6) is 5.75 Å². The number of aromatic hydroxyl groups is 1. The van der Waals surface area contributed by atoms with Gasteiger partial charge in [0.05, 0.1) is 0 Å². The van der Waals surface area contributed by atoms with Crippen LogP contribution in [0.1, 0.15) is 17.5 Å². The van der Waals surface area contributed by atoms with E-state index in [1.165, 1.54) is 17.5 Å². The van der Waals surface area contributed by atoms with E-state index in [0.717, 1.165) is 0 Å². The van der Waals surface area contributed by atoms with E-state index in [2.05, 4.69) is 92.9 Å². The average Bonchev–Trinajstić information content (AvgIpc) is 3.36. The van der Waals surface area contributed by atoms with E-state index >= 15 is 0 Å². The third-order valence-corrected chi connectivity index (χ3v) is 11.0. The monoisotopic (exact) mass is 488 g/mol. The van der Waals surface area contributed by atoms with Crippen LogP contribution in [0, 0.1) is 0 Å². The van der Waals surface area contributed by atoms with Gasteiger partial charge >= 0.3 is 68.7 Å². The summed E-state index contributed by atoms with van der Waals surface area (Å²) in [6, 6.07) is 29.3. The molecule has 0 amide bonds. The number of hydrogen-bond acceptors (Lipinski definition) is 1. The summed E-state index contributed by atoms with van der Waals surface area (Å²) in [5.74, 6) is 0.322. The van der Waals surface area contributed by atoms with Gasteiger partial charge in [0, 0.05) is 0 Å². The Bertz CT molecular complexity index is 1070. The van der Waals surface area contributed by atoms with Gasteiger partial charge in [-0.1, -0.05) is 103 Å². The Morgan fingerprint density at radius 3 is 1.29 bits per heavy atom. The molecular formula is C32H40OTi. The molecule has 0 aliphatic heterocycles. The van der Waals surface area contributed by atoms with Crippen molar-refractivity contribution in [2.24, 2.45) is 0 Å². The van der Waals surface area contributed by atoms with Gasteiger partial charge in [0.15, 0.2) is 0 Å². The third-order valence-electron chi connectivity index (χ3n) is 5.42. The van der Waals surface area contributed by atoms with Crippen LogP contribution in [-0.2, 0) is 14.0 Å². The van der Waals surface area contributed by atoms with Crippen LogP contribution in [0.4, 0.5) is 0 Å². The van der Waals surface area contributed by atoms with Crippen LogP contribution >= 0.6 is 0 Å². The number of rotatable bonds is 4. The summed E-state index contributed by atoms with van der Waals surface area (Å²) in [5, 5.41) is 21.1. The summed E-state index contributed by atoms with van der Waals surface area (Å²) in [6.07, 6.45) is 16.3. The molecule has 178 valence electrons. The Kier molecular flexibility index (Phi) is 9.27. The molecule has 0 bridgehead atoms. The normalized spacial score (nSPS) is 14.9. The molecule has 34 heavy (non-hydrogen) atoms. The molecular weight excluding hydrogens is 448 g/mol. The maximum atomic E-state index is 8.63. The fraction of sp³-hybridized carbons (Fsp3) is 0.188. The number of allylic oxidation sites excluding steroid dienone is 6. The van der Waals surface area contributed by atoms with E-state index in [4.69, 9.17) is 5.11 Å². The number of para-hydroxylation sites is 1. The molecule has 0 aromatic heterocycles. The zero-order valence-electron chi connectivity index (χ0n) is 21.4. The van der Waals surface area contributed by atoms with E-state index in [-0.39, 0.29) is 0 Å². The molecule has 0 spiro atoms. The molecule has 1 N–H and O–H groups in total. The van der Waals surface area contributed by atoms with Crippen LogP contribution in [-0.4, -0.2) is 5.11 Å². The van der Waals surface area contributed by atoms with Crippen molar-refractivity contribution in [2.75, 3.05) is 0 Å². The van der Waals surface area contributed by atoms with Gasteiger partial charge in [0.1, 0.15) is 5.75 Å². The second kappa shape index (κ2) is 11.5. The molecule has 4 rings (SSSR count). The Morgan fingerprint density at radius 1 is 0.618 bits per heavy atom. The summed E-state index contributed by atoms with van der Waals surface area (Å²) < 4.78 is 1.70. The zero-order chi connectivity index (χ0) is 25.0. The fourth-order valence-corrected chi connectivity index (χ4v) is 6.49. The summed E-state index contributed by atoms with van der Waals surface area (Å²) in [5.41, 5.74) is 2.44. The second-order valence-electron chi connectivity index (χ2n) is 12.4. The Labute approximate surface area is 205 Å². The number of benzene rings is 3. The predicted molar refractivity (Wildman–Crippen MR) is 150 cm³/mol. The van der Waals surface area contributed by atoms with Crippen molar-refractivity contribution in [1.82, 2.24) is 0 Å². The SMILES string of the molecule is C(C=Cc1ccccc1)=Cc1ccccc1.Oc1ccccc1.[CH3][Ti]([CH3])([CH3])([CH3])([CH3])[C]1=CC=CC1. The van der Waals surface area contributed by atoms with Crippen LogP contribution in [0.25, 0.3) is 12.2 Å². The first kappa shape index (κ1) is 27.4. The van der Waals surface area contributed by atoms with Crippen LogP contribution < -0.4 is 0 Å². The van der Waals surface area contributed by atoms with Crippen LogP contribution in [0.15, 0.2) is 125 Å². The van der Waals surface area contributed by atoms with Crippen molar-refractivity contribution in [2.45, 2.75) is 32.6 Å². The first-order valence-corrected chi connectivity index (χ1v) is 20.6. The topological polar surface area (TPSA) is 20.2 Å². The fourth-order valence-electron chi connectivity index (χ4n) is 3.26. The third kappa shape index (κ3) is 11.3. The van der Waals surface area contributed by atoms with Crippen molar-refractivity contribution in [3.63, 3.8) is 0 Å². The molecule has 0 unspecified atom stereocenters. The van der Waals surface area contributed by atoms with E-state index in [1.807, 2.05) is 42.5 Å². The minimum absolute atomic E-state index is 0.322. The summed E-state index contributed by atoms with van der Waals surface area (Å²) >= 11 is -2.61. The molecule has 0 saturated carbocycles. The summed E-state index contributed by atoms with van der Waals surface area (Å²) in [6.45, 7) is 0. The van der Waals surface area contributed by atoms with Gasteiger partial charge in [-0.15, -0.1) is 0 Å². The quantitative estimate of drug-likeness (QED) is 0.286. The average molecular weight is 489 g/mol. The van der Waals surface area contributed by atoms with Crippen molar-refractivity contribution in [3.8, 4) is 5.75 Å². The van der Waals surface area contributed by atoms with Crippen LogP contribution in [0.2, 0.25) is 26.1 Å². The molecule has 0 fully saturated rings. The Balaban J connectivity index is 0.000000196. The van der Waals surface area contributed by atoms with E-state index < -0.39 is 14.0 Å². The number of phenols is 1. The summed E-state index contributed by atoms with van der Waals surface area (Å²) in [7, 11) is 0. The predicted octanol–water partition coefficient (Wildman–Crippen LogP) is 10.1. The van der Waals surface area contributed by atoms with E-state index in [9.17, 15) is 0 Å². The first-order valence-electron chi connectivity index (χ1n) is 12.0. The number of hydrogen-bond donors (Lipinski definition) is 1. The summed E-state index contributed by atoms with van der Waals surface area (Å²) in [4.78, 5) is 0. The van der Waals surface area contributed by atoms with Gasteiger partial charge in [-0.25, -0.2) is 0 Å².